The molecule has 0 radical (unpaired) electrons. The van der Waals surface area contributed by atoms with Gasteiger partial charge in [0.05, 0.1) is 31.5 Å². The van der Waals surface area contributed by atoms with Gasteiger partial charge in [-0.3, -0.25) is 0 Å². The van der Waals surface area contributed by atoms with Crippen molar-refractivity contribution in [2.24, 2.45) is 52.3 Å². The number of amides is 1. The topological polar surface area (TPSA) is 90.2 Å². The van der Waals surface area contributed by atoms with E-state index in [4.69, 9.17) is 4.74 Å². The van der Waals surface area contributed by atoms with E-state index in [1.54, 1.807) is 4.90 Å². The van der Waals surface area contributed by atoms with Crippen LogP contribution in [0.2, 0.25) is 0 Å². The Morgan fingerprint density at radius 3 is 2.49 bits per heavy atom. The van der Waals surface area contributed by atoms with Crippen LogP contribution in [0.5, 0.6) is 0 Å². The SMILES string of the molecule is CC[C@H]1[C@@H](O)[C@@H]2[C@H](CC[C@]3(C)[C@@H]([C@H](C)CCOC(=O)N4CCC[C@@H]4CO)CC[C@@H]23)[C@@]2(C)CC[C@@H](O)C[C@@H]12. The fraction of sp³-hybridized carbons (Fsp3) is 0.968. The van der Waals surface area contributed by atoms with Gasteiger partial charge in [0.25, 0.3) is 0 Å². The number of carbonyl (C=O) groups excluding carboxylic acids is 1. The fourth-order valence-electron chi connectivity index (χ4n) is 10.8. The zero-order valence-corrected chi connectivity index (χ0v) is 23.8. The first-order valence-electron chi connectivity index (χ1n) is 15.6. The highest BCUT2D eigenvalue weighted by atomic mass is 16.6. The summed E-state index contributed by atoms with van der Waals surface area (Å²) in [4.78, 5) is 14.3. The zero-order chi connectivity index (χ0) is 26.5. The number of hydrogen-bond acceptors (Lipinski definition) is 5. The van der Waals surface area contributed by atoms with Gasteiger partial charge in [0.1, 0.15) is 0 Å². The van der Waals surface area contributed by atoms with Gasteiger partial charge in [-0.25, -0.2) is 4.79 Å². The molecule has 0 aromatic rings. The second-order valence-electron chi connectivity index (χ2n) is 14.2. The second-order valence-corrected chi connectivity index (χ2v) is 14.2. The van der Waals surface area contributed by atoms with Gasteiger partial charge >= 0.3 is 6.09 Å². The molecule has 4 saturated carbocycles. The Hall–Kier alpha value is -0.850. The van der Waals surface area contributed by atoms with Crippen molar-refractivity contribution in [2.75, 3.05) is 19.8 Å². The highest BCUT2D eigenvalue weighted by molar-refractivity contribution is 5.68. The third kappa shape index (κ3) is 4.55. The molecule has 6 heteroatoms. The average molecular weight is 520 g/mol. The summed E-state index contributed by atoms with van der Waals surface area (Å²) in [5.74, 6) is 3.31. The standard InChI is InChI=1S/C31H53NO5/c1-5-22-26-17-21(34)10-13-31(26,4)25-11-14-30(3)23(8-9-24(30)27(25)28(22)35)19(2)12-16-37-29(36)32-15-6-7-20(32)18-33/h19-28,33-35H,5-18H2,1-4H3/t19-,20-,21-,22-,23-,24+,25+,26+,27+,28-,30-,31-/m1/s1. The minimum Gasteiger partial charge on any atom is -0.449 e. The number of carbonyl (C=O) groups is 1. The van der Waals surface area contributed by atoms with Crippen LogP contribution >= 0.6 is 0 Å². The largest absolute Gasteiger partial charge is 0.449 e. The van der Waals surface area contributed by atoms with Crippen molar-refractivity contribution < 1.29 is 24.9 Å². The molecule has 6 nitrogen and oxygen atoms in total. The summed E-state index contributed by atoms with van der Waals surface area (Å²) < 4.78 is 5.69. The van der Waals surface area contributed by atoms with Gasteiger partial charge < -0.3 is 25.0 Å². The van der Waals surface area contributed by atoms with Crippen molar-refractivity contribution in [1.29, 1.82) is 0 Å². The van der Waals surface area contributed by atoms with Crippen molar-refractivity contribution in [3.05, 3.63) is 0 Å². The summed E-state index contributed by atoms with van der Waals surface area (Å²) in [5, 5.41) is 31.9. The predicted molar refractivity (Wildman–Crippen MR) is 144 cm³/mol. The van der Waals surface area contributed by atoms with Gasteiger partial charge in [-0.1, -0.05) is 34.1 Å². The molecular weight excluding hydrogens is 466 g/mol. The molecule has 0 spiro atoms. The molecular formula is C31H53NO5. The summed E-state index contributed by atoms with van der Waals surface area (Å²) in [6, 6.07) is -0.0858. The Morgan fingerprint density at radius 1 is 1.03 bits per heavy atom. The summed E-state index contributed by atoms with van der Waals surface area (Å²) in [5.41, 5.74) is 0.475. The Labute approximate surface area is 224 Å². The quantitative estimate of drug-likeness (QED) is 0.447. The molecule has 0 aromatic carbocycles. The first-order chi connectivity index (χ1) is 17.7. The molecule has 0 unspecified atom stereocenters. The number of hydrogen-bond donors (Lipinski definition) is 3. The Morgan fingerprint density at radius 2 is 1.76 bits per heavy atom. The molecule has 1 heterocycles. The lowest BCUT2D eigenvalue weighted by Gasteiger charge is -2.64. The molecule has 212 valence electrons. The molecule has 1 aliphatic heterocycles. The van der Waals surface area contributed by atoms with Crippen molar-refractivity contribution >= 4 is 6.09 Å². The van der Waals surface area contributed by atoms with Crippen LogP contribution in [0.25, 0.3) is 0 Å². The maximum atomic E-state index is 12.6. The molecule has 5 fully saturated rings. The van der Waals surface area contributed by atoms with Gasteiger partial charge in [0.15, 0.2) is 0 Å². The predicted octanol–water partition coefficient (Wildman–Crippen LogP) is 5.23. The number of aliphatic hydroxyl groups is 3. The summed E-state index contributed by atoms with van der Waals surface area (Å²) >= 11 is 0. The molecule has 1 amide bonds. The van der Waals surface area contributed by atoms with E-state index >= 15 is 0 Å². The van der Waals surface area contributed by atoms with E-state index in [2.05, 4.69) is 27.7 Å². The second kappa shape index (κ2) is 10.6. The van der Waals surface area contributed by atoms with Gasteiger partial charge in [-0.2, -0.15) is 0 Å². The highest BCUT2D eigenvalue weighted by Gasteiger charge is 2.64. The number of likely N-dealkylation sites (tertiary alicyclic amines) is 1. The monoisotopic (exact) mass is 519 g/mol. The number of rotatable bonds is 6. The van der Waals surface area contributed by atoms with Crippen molar-refractivity contribution in [2.45, 2.75) is 117 Å². The van der Waals surface area contributed by atoms with E-state index < -0.39 is 0 Å². The van der Waals surface area contributed by atoms with Crippen LogP contribution in [0.4, 0.5) is 4.79 Å². The maximum Gasteiger partial charge on any atom is 0.410 e. The normalized spacial score (nSPS) is 48.2. The Kier molecular flexibility index (Phi) is 7.95. The Bertz CT molecular complexity index is 821. The minimum absolute atomic E-state index is 0.0145. The smallest absolute Gasteiger partial charge is 0.410 e. The molecule has 0 bridgehead atoms. The average Bonchev–Trinajstić information content (AvgIpc) is 3.49. The van der Waals surface area contributed by atoms with Crippen LogP contribution in [-0.2, 0) is 4.74 Å². The van der Waals surface area contributed by atoms with Crippen LogP contribution in [0, 0.1) is 52.3 Å². The van der Waals surface area contributed by atoms with Crippen molar-refractivity contribution in [3.8, 4) is 0 Å². The van der Waals surface area contributed by atoms with E-state index in [9.17, 15) is 20.1 Å². The van der Waals surface area contributed by atoms with E-state index in [0.29, 0.717) is 54.6 Å². The van der Waals surface area contributed by atoms with Gasteiger partial charge in [0.2, 0.25) is 0 Å². The number of fused-ring (bicyclic) bond motifs is 5. The third-order valence-corrected chi connectivity index (χ3v) is 12.8. The maximum absolute atomic E-state index is 12.6. The molecule has 37 heavy (non-hydrogen) atoms. The number of aliphatic hydroxyl groups excluding tert-OH is 3. The molecule has 12 atom stereocenters. The summed E-state index contributed by atoms with van der Waals surface area (Å²) in [7, 11) is 0. The number of nitrogens with zero attached hydrogens (tertiary/aromatic N) is 1. The van der Waals surface area contributed by atoms with Crippen LogP contribution < -0.4 is 0 Å². The van der Waals surface area contributed by atoms with E-state index in [1.807, 2.05) is 0 Å². The zero-order valence-electron chi connectivity index (χ0n) is 23.8. The molecule has 4 aliphatic carbocycles. The fourth-order valence-corrected chi connectivity index (χ4v) is 10.8. The third-order valence-electron chi connectivity index (χ3n) is 12.8. The van der Waals surface area contributed by atoms with Gasteiger partial charge in [0, 0.05) is 6.54 Å². The first-order valence-corrected chi connectivity index (χ1v) is 15.6. The van der Waals surface area contributed by atoms with Gasteiger partial charge in [-0.05, 0) is 116 Å². The molecule has 5 aliphatic rings. The molecule has 3 N–H and O–H groups in total. The summed E-state index contributed by atoms with van der Waals surface area (Å²) in [6.07, 6.45) is 10.7. The van der Waals surface area contributed by atoms with E-state index in [-0.39, 0.29) is 41.8 Å². The summed E-state index contributed by atoms with van der Waals surface area (Å²) in [6.45, 7) is 10.7. The lowest BCUT2D eigenvalue weighted by atomic mass is 9.41. The van der Waals surface area contributed by atoms with Gasteiger partial charge in [-0.15, -0.1) is 0 Å². The lowest BCUT2D eigenvalue weighted by molar-refractivity contribution is -0.203. The first kappa shape index (κ1) is 27.7. The van der Waals surface area contributed by atoms with E-state index in [0.717, 1.165) is 44.9 Å². The highest BCUT2D eigenvalue weighted by Crippen LogP contribution is 2.69. The van der Waals surface area contributed by atoms with Crippen LogP contribution in [0.15, 0.2) is 0 Å². The lowest BCUT2D eigenvalue weighted by Crippen LogP contribution is -2.62. The minimum atomic E-state index is -0.267. The van der Waals surface area contributed by atoms with Crippen molar-refractivity contribution in [3.63, 3.8) is 0 Å². The number of ether oxygens (including phenoxy) is 1. The van der Waals surface area contributed by atoms with Crippen LogP contribution in [0.3, 0.4) is 0 Å². The van der Waals surface area contributed by atoms with Crippen molar-refractivity contribution in [1.82, 2.24) is 4.90 Å². The van der Waals surface area contributed by atoms with Crippen LogP contribution in [-0.4, -0.2) is 64.3 Å². The molecule has 0 aromatic heterocycles. The van der Waals surface area contributed by atoms with Crippen LogP contribution in [0.1, 0.15) is 98.3 Å². The molecule has 5 rings (SSSR count). The Balaban J connectivity index is 1.25. The molecule has 1 saturated heterocycles. The van der Waals surface area contributed by atoms with E-state index in [1.165, 1.54) is 25.7 Å².